The average molecular weight is 288 g/mol. The third-order valence-corrected chi connectivity index (χ3v) is 5.37. The zero-order chi connectivity index (χ0) is 15.5. The number of likely N-dealkylation sites (N-methyl/N-ethyl adjacent to an activating group) is 1. The van der Waals surface area contributed by atoms with Crippen molar-refractivity contribution in [3.63, 3.8) is 0 Å². The Balaban J connectivity index is 2.05. The van der Waals surface area contributed by atoms with Crippen molar-refractivity contribution in [3.05, 3.63) is 34.9 Å². The molecule has 1 aliphatic carbocycles. The van der Waals surface area contributed by atoms with Gasteiger partial charge in [0.2, 0.25) is 0 Å². The van der Waals surface area contributed by atoms with E-state index in [4.69, 9.17) is 0 Å². The third-order valence-electron chi connectivity index (χ3n) is 5.37. The van der Waals surface area contributed by atoms with Gasteiger partial charge in [0.05, 0.1) is 0 Å². The lowest BCUT2D eigenvalue weighted by atomic mass is 9.80. The molecule has 0 aliphatic heterocycles. The van der Waals surface area contributed by atoms with Crippen LogP contribution in [-0.4, -0.2) is 31.1 Å². The van der Waals surface area contributed by atoms with Crippen LogP contribution in [0.25, 0.3) is 0 Å². The van der Waals surface area contributed by atoms with Crippen LogP contribution in [0.4, 0.5) is 0 Å². The van der Waals surface area contributed by atoms with Gasteiger partial charge in [-0.05, 0) is 58.8 Å². The van der Waals surface area contributed by atoms with Crippen LogP contribution in [-0.2, 0) is 0 Å². The van der Waals surface area contributed by atoms with E-state index < -0.39 is 0 Å². The first-order chi connectivity index (χ1) is 9.94. The van der Waals surface area contributed by atoms with Crippen LogP contribution in [0.3, 0.4) is 0 Å². The van der Waals surface area contributed by atoms with Crippen molar-refractivity contribution >= 4 is 0 Å². The summed E-state index contributed by atoms with van der Waals surface area (Å²) in [5, 5.41) is 3.82. The molecule has 0 spiro atoms. The van der Waals surface area contributed by atoms with E-state index in [2.05, 4.69) is 63.3 Å². The Morgan fingerprint density at radius 3 is 2.43 bits per heavy atom. The van der Waals surface area contributed by atoms with E-state index in [1.165, 1.54) is 48.8 Å². The van der Waals surface area contributed by atoms with Crippen molar-refractivity contribution in [1.29, 1.82) is 0 Å². The van der Waals surface area contributed by atoms with Crippen LogP contribution in [0.5, 0.6) is 0 Å². The van der Waals surface area contributed by atoms with Crippen molar-refractivity contribution in [2.75, 3.05) is 20.6 Å². The fraction of sp³-hybridized carbons (Fsp3) is 0.684. The summed E-state index contributed by atoms with van der Waals surface area (Å²) in [4.78, 5) is 2.45. The van der Waals surface area contributed by atoms with E-state index in [0.29, 0.717) is 11.6 Å². The first-order valence-corrected chi connectivity index (χ1v) is 8.42. The maximum atomic E-state index is 3.82. The summed E-state index contributed by atoms with van der Waals surface area (Å²) in [6, 6.07) is 7.19. The van der Waals surface area contributed by atoms with E-state index >= 15 is 0 Å². The molecule has 1 atom stereocenters. The molecule has 0 amide bonds. The molecule has 0 bridgehead atoms. The molecule has 118 valence electrons. The summed E-state index contributed by atoms with van der Waals surface area (Å²) >= 11 is 0. The van der Waals surface area contributed by atoms with Gasteiger partial charge in [-0.25, -0.2) is 0 Å². The molecule has 0 aromatic heterocycles. The molecule has 0 heterocycles. The van der Waals surface area contributed by atoms with Crippen molar-refractivity contribution < 1.29 is 0 Å². The molecule has 1 saturated carbocycles. The molecule has 21 heavy (non-hydrogen) atoms. The van der Waals surface area contributed by atoms with E-state index in [-0.39, 0.29) is 0 Å². The van der Waals surface area contributed by atoms with Gasteiger partial charge in [0.25, 0.3) is 0 Å². The standard InChI is InChI=1S/C19H32N2/c1-15-9-10-16(2)18(13-15)17(3)20-14-19(21(4)5)11-7-6-8-12-19/h9-10,13,17,20H,6-8,11-12,14H2,1-5H3. The predicted octanol–water partition coefficient (Wildman–Crippen LogP) is 4.22. The van der Waals surface area contributed by atoms with Crippen LogP contribution in [0, 0.1) is 13.8 Å². The quantitative estimate of drug-likeness (QED) is 0.872. The highest BCUT2D eigenvalue weighted by molar-refractivity contribution is 5.32. The monoisotopic (exact) mass is 288 g/mol. The summed E-state index contributed by atoms with van der Waals surface area (Å²) in [5.41, 5.74) is 4.54. The Morgan fingerprint density at radius 2 is 1.81 bits per heavy atom. The van der Waals surface area contributed by atoms with Gasteiger partial charge < -0.3 is 10.2 Å². The lowest BCUT2D eigenvalue weighted by molar-refractivity contribution is 0.0958. The number of benzene rings is 1. The first kappa shape index (κ1) is 16.5. The Labute approximate surface area is 130 Å². The lowest BCUT2D eigenvalue weighted by Crippen LogP contribution is -2.53. The minimum absolute atomic E-state index is 0.351. The summed E-state index contributed by atoms with van der Waals surface area (Å²) in [5.74, 6) is 0. The van der Waals surface area contributed by atoms with Gasteiger partial charge in [-0.3, -0.25) is 0 Å². The molecule has 1 aliphatic rings. The Kier molecular flexibility index (Phi) is 5.45. The Morgan fingerprint density at radius 1 is 1.14 bits per heavy atom. The molecule has 0 saturated heterocycles. The SMILES string of the molecule is Cc1ccc(C)c(C(C)NCC2(N(C)C)CCCCC2)c1. The maximum Gasteiger partial charge on any atom is 0.0328 e. The maximum absolute atomic E-state index is 3.82. The zero-order valence-electron chi connectivity index (χ0n) is 14.5. The van der Waals surface area contributed by atoms with Crippen molar-refractivity contribution in [3.8, 4) is 0 Å². The summed E-state index contributed by atoms with van der Waals surface area (Å²) in [7, 11) is 4.49. The topological polar surface area (TPSA) is 15.3 Å². The highest BCUT2D eigenvalue weighted by Gasteiger charge is 2.34. The summed E-state index contributed by atoms with van der Waals surface area (Å²) in [6.07, 6.45) is 6.80. The van der Waals surface area contributed by atoms with Crippen LogP contribution in [0.1, 0.15) is 61.8 Å². The molecule has 0 radical (unpaired) electrons. The van der Waals surface area contributed by atoms with Gasteiger partial charge in [-0.1, -0.05) is 43.0 Å². The smallest absolute Gasteiger partial charge is 0.0328 e. The van der Waals surface area contributed by atoms with Gasteiger partial charge in [-0.2, -0.15) is 0 Å². The summed E-state index contributed by atoms with van der Waals surface area (Å²) < 4.78 is 0. The van der Waals surface area contributed by atoms with Gasteiger partial charge in [0.15, 0.2) is 0 Å². The highest BCUT2D eigenvalue weighted by Crippen LogP contribution is 2.32. The Bertz CT molecular complexity index is 459. The van der Waals surface area contributed by atoms with E-state index in [9.17, 15) is 0 Å². The molecule has 2 nitrogen and oxygen atoms in total. The zero-order valence-corrected chi connectivity index (χ0v) is 14.5. The fourth-order valence-electron chi connectivity index (χ4n) is 3.67. The number of aryl methyl sites for hydroxylation is 2. The number of rotatable bonds is 5. The number of nitrogens with one attached hydrogen (secondary N) is 1. The second-order valence-electron chi connectivity index (χ2n) is 7.14. The van der Waals surface area contributed by atoms with E-state index in [1.54, 1.807) is 0 Å². The van der Waals surface area contributed by atoms with E-state index in [0.717, 1.165) is 6.54 Å². The van der Waals surface area contributed by atoms with Crippen LogP contribution >= 0.6 is 0 Å². The van der Waals surface area contributed by atoms with E-state index in [1.807, 2.05) is 0 Å². The lowest BCUT2D eigenvalue weighted by Gasteiger charge is -2.44. The van der Waals surface area contributed by atoms with Crippen molar-refractivity contribution in [2.45, 2.75) is 64.5 Å². The Hall–Kier alpha value is -0.860. The largest absolute Gasteiger partial charge is 0.308 e. The molecular formula is C19H32N2. The highest BCUT2D eigenvalue weighted by atomic mass is 15.2. The first-order valence-electron chi connectivity index (χ1n) is 8.42. The molecule has 2 heteroatoms. The van der Waals surface area contributed by atoms with Crippen LogP contribution in [0.2, 0.25) is 0 Å². The molecule has 1 N–H and O–H groups in total. The van der Waals surface area contributed by atoms with Crippen LogP contribution in [0.15, 0.2) is 18.2 Å². The number of hydrogen-bond donors (Lipinski definition) is 1. The molecule has 1 aromatic carbocycles. The van der Waals surface area contributed by atoms with Gasteiger partial charge in [0, 0.05) is 18.1 Å². The van der Waals surface area contributed by atoms with Gasteiger partial charge >= 0.3 is 0 Å². The molecule has 1 fully saturated rings. The second kappa shape index (κ2) is 6.93. The predicted molar refractivity (Wildman–Crippen MR) is 91.8 cm³/mol. The fourth-order valence-corrected chi connectivity index (χ4v) is 3.67. The van der Waals surface area contributed by atoms with Crippen LogP contribution < -0.4 is 5.32 Å². The van der Waals surface area contributed by atoms with Gasteiger partial charge in [-0.15, -0.1) is 0 Å². The average Bonchev–Trinajstić information content (AvgIpc) is 2.48. The van der Waals surface area contributed by atoms with Gasteiger partial charge in [0.1, 0.15) is 0 Å². The minimum Gasteiger partial charge on any atom is -0.308 e. The molecular weight excluding hydrogens is 256 g/mol. The summed E-state index contributed by atoms with van der Waals surface area (Å²) in [6.45, 7) is 7.79. The molecule has 1 aromatic rings. The minimum atomic E-state index is 0.351. The molecule has 2 rings (SSSR count). The van der Waals surface area contributed by atoms with Crippen molar-refractivity contribution in [1.82, 2.24) is 10.2 Å². The van der Waals surface area contributed by atoms with Crippen molar-refractivity contribution in [2.24, 2.45) is 0 Å². The number of nitrogens with zero attached hydrogens (tertiary/aromatic N) is 1. The second-order valence-corrected chi connectivity index (χ2v) is 7.14. The molecule has 1 unspecified atom stereocenters. The number of hydrogen-bond acceptors (Lipinski definition) is 2. The third kappa shape index (κ3) is 3.87. The normalized spacial score (nSPS) is 19.7.